The van der Waals surface area contributed by atoms with E-state index in [1.54, 1.807) is 6.26 Å². The average molecular weight is 322 g/mol. The van der Waals surface area contributed by atoms with Gasteiger partial charge in [0.1, 0.15) is 12.0 Å². The van der Waals surface area contributed by atoms with Crippen LogP contribution in [0.3, 0.4) is 0 Å². The molecule has 5 nitrogen and oxygen atoms in total. The first-order valence-electron chi connectivity index (χ1n) is 8.38. The predicted octanol–water partition coefficient (Wildman–Crippen LogP) is 2.89. The summed E-state index contributed by atoms with van der Waals surface area (Å²) in [6.45, 7) is 5.81. The Morgan fingerprint density at radius 2 is 2.32 bits per heavy atom. The van der Waals surface area contributed by atoms with Crippen molar-refractivity contribution in [3.63, 3.8) is 0 Å². The minimum absolute atomic E-state index is 0.459. The summed E-state index contributed by atoms with van der Waals surface area (Å²) in [5, 5.41) is 7.39. The zero-order valence-electron chi connectivity index (χ0n) is 13.4. The summed E-state index contributed by atoms with van der Waals surface area (Å²) in [6, 6.07) is 1.88. The summed E-state index contributed by atoms with van der Waals surface area (Å²) in [6.07, 6.45) is 8.49. The van der Waals surface area contributed by atoms with Gasteiger partial charge in [-0.25, -0.2) is 4.99 Å². The van der Waals surface area contributed by atoms with Crippen molar-refractivity contribution in [2.75, 3.05) is 25.4 Å². The number of aliphatic imine (C=N–C) groups is 1. The SMILES string of the molecule is CCNC(=NCc1ccon1)N1CCSC2(CCCCC2)C1. The van der Waals surface area contributed by atoms with E-state index in [1.165, 1.54) is 37.9 Å². The van der Waals surface area contributed by atoms with Crippen LogP contribution in [0.25, 0.3) is 0 Å². The second kappa shape index (κ2) is 7.40. The molecule has 0 aromatic carbocycles. The Bertz CT molecular complexity index is 477. The molecule has 1 aliphatic carbocycles. The predicted molar refractivity (Wildman–Crippen MR) is 91.2 cm³/mol. The molecule has 1 aromatic rings. The molecule has 1 saturated carbocycles. The van der Waals surface area contributed by atoms with Gasteiger partial charge in [0.05, 0.1) is 6.54 Å². The van der Waals surface area contributed by atoms with E-state index >= 15 is 0 Å². The van der Waals surface area contributed by atoms with Gasteiger partial charge in [0.25, 0.3) is 0 Å². The number of thioether (sulfide) groups is 1. The highest BCUT2D eigenvalue weighted by molar-refractivity contribution is 8.00. The van der Waals surface area contributed by atoms with E-state index in [0.717, 1.165) is 31.3 Å². The van der Waals surface area contributed by atoms with E-state index in [0.29, 0.717) is 11.3 Å². The van der Waals surface area contributed by atoms with Crippen molar-refractivity contribution in [3.05, 3.63) is 18.0 Å². The number of hydrogen-bond donors (Lipinski definition) is 1. The first kappa shape index (κ1) is 15.7. The van der Waals surface area contributed by atoms with Gasteiger partial charge in [-0.3, -0.25) is 0 Å². The first-order valence-corrected chi connectivity index (χ1v) is 9.36. The largest absolute Gasteiger partial charge is 0.364 e. The molecule has 3 rings (SSSR count). The highest BCUT2D eigenvalue weighted by Crippen LogP contribution is 2.42. The third-order valence-corrected chi connectivity index (χ3v) is 6.07. The second-order valence-electron chi connectivity index (χ2n) is 6.17. The van der Waals surface area contributed by atoms with Crippen LogP contribution in [0, 0.1) is 0 Å². The van der Waals surface area contributed by atoms with Gasteiger partial charge < -0.3 is 14.7 Å². The molecule has 0 radical (unpaired) electrons. The van der Waals surface area contributed by atoms with Crippen LogP contribution in [0.15, 0.2) is 21.8 Å². The minimum Gasteiger partial charge on any atom is -0.364 e. The van der Waals surface area contributed by atoms with E-state index in [2.05, 4.69) is 34.1 Å². The number of aromatic nitrogens is 1. The maximum atomic E-state index is 4.89. The summed E-state index contributed by atoms with van der Waals surface area (Å²) >= 11 is 2.19. The number of nitrogens with zero attached hydrogens (tertiary/aromatic N) is 3. The molecular weight excluding hydrogens is 296 g/mol. The lowest BCUT2D eigenvalue weighted by molar-refractivity contribution is 0.293. The molecule has 0 atom stereocenters. The normalized spacial score (nSPS) is 22.0. The standard InChI is InChI=1S/C16H26N4OS/c1-2-17-15(18-12-14-6-10-21-19-14)20-9-11-22-16(13-20)7-4-3-5-8-16/h6,10H,2-5,7-9,11-13H2,1H3,(H,17,18). The van der Waals surface area contributed by atoms with Gasteiger partial charge in [-0.2, -0.15) is 11.8 Å². The van der Waals surface area contributed by atoms with Crippen molar-refractivity contribution in [2.45, 2.75) is 50.3 Å². The molecule has 2 fully saturated rings. The van der Waals surface area contributed by atoms with E-state index in [1.807, 2.05) is 6.07 Å². The van der Waals surface area contributed by atoms with Crippen LogP contribution in [0.5, 0.6) is 0 Å². The van der Waals surface area contributed by atoms with Crippen molar-refractivity contribution in [1.82, 2.24) is 15.4 Å². The van der Waals surface area contributed by atoms with Crippen LogP contribution in [0.1, 0.15) is 44.7 Å². The van der Waals surface area contributed by atoms with Crippen molar-refractivity contribution in [1.29, 1.82) is 0 Å². The lowest BCUT2D eigenvalue weighted by atomic mass is 9.87. The summed E-state index contributed by atoms with van der Waals surface area (Å²) in [5.74, 6) is 2.23. The molecule has 1 spiro atoms. The summed E-state index contributed by atoms with van der Waals surface area (Å²) < 4.78 is 5.34. The Morgan fingerprint density at radius 3 is 3.05 bits per heavy atom. The summed E-state index contributed by atoms with van der Waals surface area (Å²) in [5.41, 5.74) is 0.883. The quantitative estimate of drug-likeness (QED) is 0.685. The number of hydrogen-bond acceptors (Lipinski definition) is 4. The van der Waals surface area contributed by atoms with Gasteiger partial charge in [-0.15, -0.1) is 0 Å². The lowest BCUT2D eigenvalue weighted by Crippen LogP contribution is -2.53. The molecule has 0 unspecified atom stereocenters. The van der Waals surface area contributed by atoms with Crippen LogP contribution in [-0.4, -0.2) is 46.2 Å². The van der Waals surface area contributed by atoms with Gasteiger partial charge in [-0.1, -0.05) is 24.4 Å². The number of nitrogens with one attached hydrogen (secondary N) is 1. The van der Waals surface area contributed by atoms with Crippen LogP contribution < -0.4 is 5.32 Å². The Morgan fingerprint density at radius 1 is 1.45 bits per heavy atom. The van der Waals surface area contributed by atoms with Crippen molar-refractivity contribution in [3.8, 4) is 0 Å². The fourth-order valence-electron chi connectivity index (χ4n) is 3.43. The van der Waals surface area contributed by atoms with Crippen LogP contribution in [0.4, 0.5) is 0 Å². The molecular formula is C16H26N4OS. The van der Waals surface area contributed by atoms with Crippen molar-refractivity contribution >= 4 is 17.7 Å². The smallest absolute Gasteiger partial charge is 0.194 e. The molecule has 2 aliphatic rings. The fourth-order valence-corrected chi connectivity index (χ4v) is 4.99. The maximum absolute atomic E-state index is 4.89. The fraction of sp³-hybridized carbons (Fsp3) is 0.750. The molecule has 0 bridgehead atoms. The molecule has 1 N–H and O–H groups in total. The zero-order valence-corrected chi connectivity index (χ0v) is 14.2. The first-order chi connectivity index (χ1) is 10.8. The Hall–Kier alpha value is -1.17. The molecule has 2 heterocycles. The third kappa shape index (κ3) is 3.77. The van der Waals surface area contributed by atoms with Crippen molar-refractivity contribution < 1.29 is 4.52 Å². The van der Waals surface area contributed by atoms with Gasteiger partial charge >= 0.3 is 0 Å². The summed E-state index contributed by atoms with van der Waals surface area (Å²) in [4.78, 5) is 7.21. The maximum Gasteiger partial charge on any atom is 0.194 e. The molecule has 1 aromatic heterocycles. The van der Waals surface area contributed by atoms with Crippen LogP contribution in [0.2, 0.25) is 0 Å². The van der Waals surface area contributed by atoms with Gasteiger partial charge in [-0.05, 0) is 19.8 Å². The lowest BCUT2D eigenvalue weighted by Gasteiger charge is -2.45. The topological polar surface area (TPSA) is 53.7 Å². The van der Waals surface area contributed by atoms with E-state index in [-0.39, 0.29) is 0 Å². The highest BCUT2D eigenvalue weighted by Gasteiger charge is 2.38. The Labute approximate surface area is 136 Å². The molecule has 6 heteroatoms. The molecule has 1 aliphatic heterocycles. The average Bonchev–Trinajstić information content (AvgIpc) is 3.05. The molecule has 1 saturated heterocycles. The van der Waals surface area contributed by atoms with E-state index in [9.17, 15) is 0 Å². The van der Waals surface area contributed by atoms with Gasteiger partial charge in [0, 0.05) is 36.2 Å². The van der Waals surface area contributed by atoms with Gasteiger partial charge in [0.2, 0.25) is 0 Å². The zero-order chi connectivity index (χ0) is 15.3. The monoisotopic (exact) mass is 322 g/mol. The van der Waals surface area contributed by atoms with Crippen molar-refractivity contribution in [2.24, 2.45) is 4.99 Å². The molecule has 22 heavy (non-hydrogen) atoms. The second-order valence-corrected chi connectivity index (χ2v) is 7.74. The Kier molecular flexibility index (Phi) is 5.28. The minimum atomic E-state index is 0.459. The van der Waals surface area contributed by atoms with Crippen LogP contribution >= 0.6 is 11.8 Å². The molecule has 0 amide bonds. The van der Waals surface area contributed by atoms with Crippen LogP contribution in [-0.2, 0) is 6.54 Å². The number of rotatable bonds is 3. The Balaban J connectivity index is 1.68. The summed E-state index contributed by atoms with van der Waals surface area (Å²) in [7, 11) is 0. The van der Waals surface area contributed by atoms with Gasteiger partial charge in [0.15, 0.2) is 5.96 Å². The third-order valence-electron chi connectivity index (χ3n) is 4.53. The van der Waals surface area contributed by atoms with E-state index < -0.39 is 0 Å². The molecule has 122 valence electrons. The van der Waals surface area contributed by atoms with E-state index in [4.69, 9.17) is 9.52 Å². The number of guanidine groups is 1. The highest BCUT2D eigenvalue weighted by atomic mass is 32.2.